The number of ether oxygens (including phenoxy) is 1. The van der Waals surface area contributed by atoms with Gasteiger partial charge in [-0.05, 0) is 51.3 Å². The maximum Gasteiger partial charge on any atom is 0.213 e. The van der Waals surface area contributed by atoms with Crippen LogP contribution >= 0.6 is 0 Å². The van der Waals surface area contributed by atoms with E-state index in [-0.39, 0.29) is 0 Å². The highest BCUT2D eigenvalue weighted by Gasteiger charge is 2.20. The first-order valence-corrected chi connectivity index (χ1v) is 7.86. The molecule has 2 heterocycles. The largest absolute Gasteiger partial charge is 0.476 e. The molecule has 1 aromatic rings. The van der Waals surface area contributed by atoms with Crippen molar-refractivity contribution in [3.63, 3.8) is 0 Å². The molecule has 110 valence electrons. The second-order valence-corrected chi connectivity index (χ2v) is 5.95. The molecule has 0 atom stereocenters. The zero-order valence-corrected chi connectivity index (χ0v) is 12.4. The number of aryl methyl sites for hydroxylation is 1. The van der Waals surface area contributed by atoms with Crippen LogP contribution in [0.15, 0.2) is 12.1 Å². The van der Waals surface area contributed by atoms with Gasteiger partial charge in [0.05, 0.1) is 0 Å². The summed E-state index contributed by atoms with van der Waals surface area (Å²) in [5, 5.41) is 3.53. The van der Waals surface area contributed by atoms with E-state index in [0.717, 1.165) is 37.3 Å². The van der Waals surface area contributed by atoms with Crippen molar-refractivity contribution in [1.82, 2.24) is 15.2 Å². The van der Waals surface area contributed by atoms with Crippen molar-refractivity contribution in [2.24, 2.45) is 0 Å². The van der Waals surface area contributed by atoms with Gasteiger partial charge in [-0.1, -0.05) is 6.07 Å². The average Bonchev–Trinajstić information content (AvgIpc) is 3.13. The molecule has 2 fully saturated rings. The fourth-order valence-corrected chi connectivity index (χ4v) is 2.66. The number of hydrogen-bond donors (Lipinski definition) is 1. The molecule has 0 radical (unpaired) electrons. The quantitative estimate of drug-likeness (QED) is 0.827. The zero-order valence-electron chi connectivity index (χ0n) is 12.4. The third-order valence-corrected chi connectivity index (χ3v) is 4.18. The smallest absolute Gasteiger partial charge is 0.213 e. The van der Waals surface area contributed by atoms with Crippen molar-refractivity contribution in [3.05, 3.63) is 23.4 Å². The van der Waals surface area contributed by atoms with Gasteiger partial charge < -0.3 is 10.1 Å². The average molecular weight is 275 g/mol. The molecule has 4 nitrogen and oxygen atoms in total. The van der Waals surface area contributed by atoms with Gasteiger partial charge in [0.15, 0.2) is 0 Å². The Morgan fingerprint density at radius 2 is 2.10 bits per heavy atom. The summed E-state index contributed by atoms with van der Waals surface area (Å²) < 4.78 is 5.77. The highest BCUT2D eigenvalue weighted by atomic mass is 16.5. The first kappa shape index (κ1) is 13.8. The van der Waals surface area contributed by atoms with Gasteiger partial charge in [0.2, 0.25) is 5.88 Å². The Balaban J connectivity index is 1.45. The third-order valence-electron chi connectivity index (χ3n) is 4.18. The van der Waals surface area contributed by atoms with Crippen LogP contribution in [-0.4, -0.2) is 42.2 Å². The lowest BCUT2D eigenvalue weighted by Crippen LogP contribution is -2.25. The minimum absolute atomic E-state index is 0.741. The van der Waals surface area contributed by atoms with Crippen molar-refractivity contribution in [2.75, 3.05) is 26.2 Å². The predicted octanol–water partition coefficient (Wildman–Crippen LogP) is 2.12. The van der Waals surface area contributed by atoms with Gasteiger partial charge in [-0.2, -0.15) is 0 Å². The summed E-state index contributed by atoms with van der Waals surface area (Å²) in [5.41, 5.74) is 2.36. The minimum Gasteiger partial charge on any atom is -0.476 e. The number of nitrogens with one attached hydrogen (secondary N) is 1. The van der Waals surface area contributed by atoms with E-state index in [9.17, 15) is 0 Å². The van der Waals surface area contributed by atoms with Gasteiger partial charge in [0.25, 0.3) is 0 Å². The van der Waals surface area contributed by atoms with E-state index in [4.69, 9.17) is 4.74 Å². The molecule has 1 aliphatic carbocycles. The molecule has 0 aromatic carbocycles. The number of rotatable bonds is 7. The molecule has 0 unspecified atom stereocenters. The Hall–Kier alpha value is -1.13. The maximum absolute atomic E-state index is 5.77. The summed E-state index contributed by atoms with van der Waals surface area (Å²) in [6.07, 6.45) is 5.31. The lowest BCUT2D eigenvalue weighted by Gasteiger charge is -2.15. The third kappa shape index (κ3) is 3.93. The second kappa shape index (κ2) is 6.55. The van der Waals surface area contributed by atoms with E-state index in [1.54, 1.807) is 0 Å². The summed E-state index contributed by atoms with van der Waals surface area (Å²) >= 11 is 0. The molecule has 1 saturated carbocycles. The topological polar surface area (TPSA) is 37.4 Å². The van der Waals surface area contributed by atoms with E-state index in [1.807, 2.05) is 6.07 Å². The van der Waals surface area contributed by atoms with Crippen molar-refractivity contribution >= 4 is 0 Å². The molecule has 0 bridgehead atoms. The molecule has 3 rings (SSSR count). The van der Waals surface area contributed by atoms with Crippen LogP contribution in [0.5, 0.6) is 5.88 Å². The Bertz CT molecular complexity index is 439. The van der Waals surface area contributed by atoms with Gasteiger partial charge in [-0.3, -0.25) is 4.90 Å². The highest BCUT2D eigenvalue weighted by Crippen LogP contribution is 2.20. The van der Waals surface area contributed by atoms with Gasteiger partial charge in [0, 0.05) is 30.9 Å². The number of hydrogen-bond acceptors (Lipinski definition) is 4. The number of nitrogens with zero attached hydrogens (tertiary/aromatic N) is 2. The monoisotopic (exact) mass is 275 g/mol. The molecule has 1 aliphatic heterocycles. The normalized spacial score (nSPS) is 19.4. The fourth-order valence-electron chi connectivity index (χ4n) is 2.66. The number of aromatic nitrogens is 1. The molecule has 20 heavy (non-hydrogen) atoms. The van der Waals surface area contributed by atoms with Crippen LogP contribution in [0, 0.1) is 6.92 Å². The summed E-state index contributed by atoms with van der Waals surface area (Å²) in [6, 6.07) is 4.88. The van der Waals surface area contributed by atoms with E-state index in [0.29, 0.717) is 0 Å². The molecular formula is C16H25N3O. The van der Waals surface area contributed by atoms with Crippen molar-refractivity contribution in [1.29, 1.82) is 0 Å². The van der Waals surface area contributed by atoms with Crippen LogP contribution in [-0.2, 0) is 6.54 Å². The fraction of sp³-hybridized carbons (Fsp3) is 0.688. The molecule has 4 heteroatoms. The van der Waals surface area contributed by atoms with Gasteiger partial charge >= 0.3 is 0 Å². The maximum atomic E-state index is 5.77. The van der Waals surface area contributed by atoms with E-state index in [2.05, 4.69) is 28.2 Å². The van der Waals surface area contributed by atoms with Gasteiger partial charge in [0.1, 0.15) is 6.61 Å². The summed E-state index contributed by atoms with van der Waals surface area (Å²) in [4.78, 5) is 7.01. The standard InChI is InChI=1S/C16H25N3O/c1-13-14(12-17-15-5-6-15)4-7-16(18-13)20-11-10-19-8-2-3-9-19/h4,7,15,17H,2-3,5-6,8-12H2,1H3. The van der Waals surface area contributed by atoms with E-state index < -0.39 is 0 Å². The molecule has 0 amide bonds. The molecule has 2 aliphatic rings. The van der Waals surface area contributed by atoms with Crippen molar-refractivity contribution in [2.45, 2.75) is 45.2 Å². The highest BCUT2D eigenvalue weighted by molar-refractivity contribution is 5.25. The lowest BCUT2D eigenvalue weighted by atomic mass is 10.2. The lowest BCUT2D eigenvalue weighted by molar-refractivity contribution is 0.231. The summed E-state index contributed by atoms with van der Waals surface area (Å²) in [7, 11) is 0. The van der Waals surface area contributed by atoms with Crippen LogP contribution < -0.4 is 10.1 Å². The molecule has 1 saturated heterocycles. The first-order valence-electron chi connectivity index (χ1n) is 7.86. The Kier molecular flexibility index (Phi) is 4.53. The van der Waals surface area contributed by atoms with E-state index in [1.165, 1.54) is 44.3 Å². The van der Waals surface area contributed by atoms with Crippen LogP contribution in [0.3, 0.4) is 0 Å². The van der Waals surface area contributed by atoms with Crippen LogP contribution in [0.25, 0.3) is 0 Å². The summed E-state index contributed by atoms with van der Waals surface area (Å²) in [5.74, 6) is 0.761. The van der Waals surface area contributed by atoms with Crippen molar-refractivity contribution < 1.29 is 4.74 Å². The number of likely N-dealkylation sites (tertiary alicyclic amines) is 1. The Labute approximate surface area is 121 Å². The van der Waals surface area contributed by atoms with Gasteiger partial charge in [-0.25, -0.2) is 4.98 Å². The van der Waals surface area contributed by atoms with E-state index >= 15 is 0 Å². The molecule has 1 aromatic heterocycles. The van der Waals surface area contributed by atoms with Crippen LogP contribution in [0.4, 0.5) is 0 Å². The predicted molar refractivity (Wildman–Crippen MR) is 80.0 cm³/mol. The Morgan fingerprint density at radius 3 is 2.80 bits per heavy atom. The van der Waals surface area contributed by atoms with Gasteiger partial charge in [-0.15, -0.1) is 0 Å². The SMILES string of the molecule is Cc1nc(OCCN2CCCC2)ccc1CNC1CC1. The molecule has 1 N–H and O–H groups in total. The summed E-state index contributed by atoms with van der Waals surface area (Å²) in [6.45, 7) is 7.20. The van der Waals surface area contributed by atoms with Crippen LogP contribution in [0.2, 0.25) is 0 Å². The Morgan fingerprint density at radius 1 is 1.30 bits per heavy atom. The second-order valence-electron chi connectivity index (χ2n) is 5.95. The number of pyridine rings is 1. The van der Waals surface area contributed by atoms with Crippen LogP contribution in [0.1, 0.15) is 36.9 Å². The molecular weight excluding hydrogens is 250 g/mol. The van der Waals surface area contributed by atoms with Crippen molar-refractivity contribution in [3.8, 4) is 5.88 Å². The minimum atomic E-state index is 0.741. The zero-order chi connectivity index (χ0) is 13.8. The first-order chi connectivity index (χ1) is 9.81. The molecule has 0 spiro atoms.